The van der Waals surface area contributed by atoms with Gasteiger partial charge in [-0.25, -0.2) is 4.39 Å². The van der Waals surface area contributed by atoms with Gasteiger partial charge in [-0.2, -0.15) is 0 Å². The van der Waals surface area contributed by atoms with Crippen molar-refractivity contribution >= 4 is 58.5 Å². The van der Waals surface area contributed by atoms with E-state index in [1.165, 1.54) is 36.0 Å². The maximum atomic E-state index is 14.6. The molecule has 3 N–H and O–H groups in total. The molecule has 0 radical (unpaired) electrons. The van der Waals surface area contributed by atoms with E-state index in [1.807, 2.05) is 13.0 Å². The molecule has 0 spiro atoms. The second-order valence-corrected chi connectivity index (χ2v) is 11.3. The Morgan fingerprint density at radius 1 is 0.909 bits per heavy atom. The van der Waals surface area contributed by atoms with E-state index < -0.39 is 22.9 Å². The number of hydrogen-bond donors (Lipinski definition) is 3. The number of nitrogens with one attached hydrogen (secondary N) is 3. The fraction of sp³-hybridized carbons (Fsp3) is 0.121. The van der Waals surface area contributed by atoms with E-state index >= 15 is 0 Å². The lowest BCUT2D eigenvalue weighted by Crippen LogP contribution is -2.30. The Morgan fingerprint density at radius 3 is 2.43 bits per heavy atom. The van der Waals surface area contributed by atoms with Gasteiger partial charge in [0.1, 0.15) is 11.5 Å². The summed E-state index contributed by atoms with van der Waals surface area (Å²) in [6.45, 7) is 2.05. The normalized spacial score (nSPS) is 12.8. The van der Waals surface area contributed by atoms with Crippen LogP contribution in [0.4, 0.5) is 15.8 Å². The van der Waals surface area contributed by atoms with Gasteiger partial charge >= 0.3 is 0 Å². The molecular weight excluding hydrogens is 605 g/mol. The number of thioether (sulfide) groups is 1. The average Bonchev–Trinajstić information content (AvgIpc) is 3.49. The molecule has 44 heavy (non-hydrogen) atoms. The zero-order valence-corrected chi connectivity index (χ0v) is 25.0. The molecule has 0 saturated carbocycles. The summed E-state index contributed by atoms with van der Waals surface area (Å²) in [6.07, 6.45) is 1.74. The Morgan fingerprint density at radius 2 is 1.66 bits per heavy atom. The Hall–Kier alpha value is -4.80. The number of amides is 3. The van der Waals surface area contributed by atoms with Crippen LogP contribution >= 0.6 is 23.4 Å². The number of carbonyl (C=O) groups is 3. The molecule has 0 aliphatic carbocycles. The monoisotopic (exact) mass is 631 g/mol. The minimum atomic E-state index is -0.691. The second kappa shape index (κ2) is 14.1. The van der Waals surface area contributed by atoms with Gasteiger partial charge in [-0.1, -0.05) is 48.9 Å². The molecule has 0 saturated heterocycles. The molecule has 1 atom stereocenters. The van der Waals surface area contributed by atoms with Crippen LogP contribution in [0.3, 0.4) is 0 Å². The summed E-state index contributed by atoms with van der Waals surface area (Å²) in [6, 6.07) is 24.6. The summed E-state index contributed by atoms with van der Waals surface area (Å²) >= 11 is 7.54. The van der Waals surface area contributed by atoms with Crippen LogP contribution in [0.2, 0.25) is 5.02 Å². The maximum Gasteiger partial charge on any atom is 0.272 e. The minimum absolute atomic E-state index is 0.0451. The lowest BCUT2D eigenvalue weighted by atomic mass is 10.1. The smallest absolute Gasteiger partial charge is 0.272 e. The van der Waals surface area contributed by atoms with Crippen molar-refractivity contribution in [3.8, 4) is 11.5 Å². The summed E-state index contributed by atoms with van der Waals surface area (Å²) in [4.78, 5) is 40.2. The zero-order chi connectivity index (χ0) is 31.1. The number of hydrogen-bond acceptors (Lipinski definition) is 6. The molecule has 1 unspecified atom stereocenters. The Labute approximate surface area is 262 Å². The Bertz CT molecular complexity index is 1710. The first kappa shape index (κ1) is 30.7. The molecule has 1 heterocycles. The van der Waals surface area contributed by atoms with Crippen molar-refractivity contribution in [1.82, 2.24) is 5.32 Å². The summed E-state index contributed by atoms with van der Waals surface area (Å²) < 4.78 is 25.3. The number of benzene rings is 4. The first-order valence-corrected chi connectivity index (χ1v) is 14.9. The molecule has 4 aromatic carbocycles. The molecule has 0 bridgehead atoms. The van der Waals surface area contributed by atoms with Crippen molar-refractivity contribution in [1.29, 1.82) is 0 Å². The van der Waals surface area contributed by atoms with Crippen LogP contribution in [0.25, 0.3) is 6.08 Å². The molecule has 5 rings (SSSR count). The highest BCUT2D eigenvalue weighted by molar-refractivity contribution is 8.00. The second-order valence-electron chi connectivity index (χ2n) is 9.57. The molecule has 4 aromatic rings. The third-order valence-electron chi connectivity index (χ3n) is 6.49. The predicted octanol–water partition coefficient (Wildman–Crippen LogP) is 7.13. The van der Waals surface area contributed by atoms with Crippen LogP contribution in [-0.2, 0) is 9.59 Å². The first-order valence-electron chi connectivity index (χ1n) is 13.6. The van der Waals surface area contributed by atoms with Crippen molar-refractivity contribution < 1.29 is 28.2 Å². The number of halogens is 2. The van der Waals surface area contributed by atoms with Gasteiger partial charge in [0.05, 0.1) is 10.3 Å². The van der Waals surface area contributed by atoms with Gasteiger partial charge in [0.15, 0.2) is 11.5 Å². The van der Waals surface area contributed by atoms with Crippen molar-refractivity contribution in [2.45, 2.75) is 23.5 Å². The predicted molar refractivity (Wildman–Crippen MR) is 169 cm³/mol. The number of rotatable bonds is 10. The summed E-state index contributed by atoms with van der Waals surface area (Å²) in [5.74, 6) is -0.900. The van der Waals surface area contributed by atoms with Crippen molar-refractivity contribution in [2.75, 3.05) is 17.4 Å². The quantitative estimate of drug-likeness (QED) is 0.127. The van der Waals surface area contributed by atoms with Gasteiger partial charge in [0.2, 0.25) is 12.7 Å². The minimum Gasteiger partial charge on any atom is -0.454 e. The molecular formula is C33H27ClFN3O5S. The van der Waals surface area contributed by atoms with E-state index in [1.54, 1.807) is 66.7 Å². The van der Waals surface area contributed by atoms with Crippen LogP contribution in [0.5, 0.6) is 11.5 Å². The lowest BCUT2D eigenvalue weighted by molar-refractivity contribution is -0.116. The average molecular weight is 632 g/mol. The molecule has 3 amide bonds. The van der Waals surface area contributed by atoms with Gasteiger partial charge in [-0.15, -0.1) is 11.8 Å². The van der Waals surface area contributed by atoms with E-state index in [9.17, 15) is 18.8 Å². The SMILES string of the molecule is CCC(Sc1cccc(NC(=O)/C(=C\c2c(F)cccc2Cl)NC(=O)c2ccccc2)c1)C(=O)Nc1ccc2c(c1)OCO2. The molecule has 224 valence electrons. The van der Waals surface area contributed by atoms with Crippen LogP contribution < -0.4 is 25.4 Å². The molecule has 11 heteroatoms. The third-order valence-corrected chi connectivity index (χ3v) is 8.18. The number of fused-ring (bicyclic) bond motifs is 1. The molecule has 1 aliphatic heterocycles. The van der Waals surface area contributed by atoms with Gasteiger partial charge in [0, 0.05) is 33.5 Å². The fourth-order valence-corrected chi connectivity index (χ4v) is 5.50. The highest BCUT2D eigenvalue weighted by atomic mass is 35.5. The van der Waals surface area contributed by atoms with Crippen LogP contribution in [0.15, 0.2) is 102 Å². The summed E-state index contributed by atoms with van der Waals surface area (Å²) in [5.41, 5.74) is 1.06. The van der Waals surface area contributed by atoms with E-state index in [4.69, 9.17) is 21.1 Å². The van der Waals surface area contributed by atoms with Gasteiger partial charge in [0.25, 0.3) is 11.8 Å². The van der Waals surface area contributed by atoms with E-state index in [2.05, 4.69) is 16.0 Å². The largest absolute Gasteiger partial charge is 0.454 e. The Balaban J connectivity index is 1.31. The Kier molecular flexibility index (Phi) is 9.83. The van der Waals surface area contributed by atoms with Crippen LogP contribution in [0, 0.1) is 5.82 Å². The first-order chi connectivity index (χ1) is 21.3. The standard InChI is InChI=1S/C33H27ClFN3O5S/c1-2-30(33(41)37-22-14-15-28-29(17-22)43-19-42-28)44-23-11-6-10-21(16-23)36-32(40)27(18-24-25(34)12-7-13-26(24)35)38-31(39)20-8-4-3-5-9-20/h3-18,30H,2,19H2,1H3,(H,36,40)(H,37,41)(H,38,39)/b27-18+. The number of ether oxygens (including phenoxy) is 2. The highest BCUT2D eigenvalue weighted by Gasteiger charge is 2.21. The number of anilines is 2. The maximum absolute atomic E-state index is 14.6. The van der Waals surface area contributed by atoms with Crippen molar-refractivity contribution in [3.05, 3.63) is 119 Å². The lowest BCUT2D eigenvalue weighted by Gasteiger charge is -2.16. The van der Waals surface area contributed by atoms with E-state index in [0.29, 0.717) is 34.9 Å². The van der Waals surface area contributed by atoms with Gasteiger partial charge in [-0.05, 0) is 67.1 Å². The van der Waals surface area contributed by atoms with Crippen LogP contribution in [-0.4, -0.2) is 29.8 Å². The topological polar surface area (TPSA) is 106 Å². The van der Waals surface area contributed by atoms with Crippen molar-refractivity contribution in [2.24, 2.45) is 0 Å². The van der Waals surface area contributed by atoms with Gasteiger partial charge < -0.3 is 25.4 Å². The number of carbonyl (C=O) groups excluding carboxylic acids is 3. The molecule has 1 aliphatic rings. The van der Waals surface area contributed by atoms with E-state index in [-0.39, 0.29) is 29.0 Å². The zero-order valence-electron chi connectivity index (χ0n) is 23.4. The fourth-order valence-electron chi connectivity index (χ4n) is 4.26. The van der Waals surface area contributed by atoms with Gasteiger partial charge in [-0.3, -0.25) is 14.4 Å². The van der Waals surface area contributed by atoms with Crippen molar-refractivity contribution in [3.63, 3.8) is 0 Å². The third kappa shape index (κ3) is 7.58. The van der Waals surface area contributed by atoms with E-state index in [0.717, 1.165) is 4.90 Å². The summed E-state index contributed by atoms with van der Waals surface area (Å²) in [7, 11) is 0. The molecule has 0 aromatic heterocycles. The summed E-state index contributed by atoms with van der Waals surface area (Å²) in [5, 5.41) is 7.89. The highest BCUT2D eigenvalue weighted by Crippen LogP contribution is 2.35. The molecule has 0 fully saturated rings. The van der Waals surface area contributed by atoms with Crippen LogP contribution in [0.1, 0.15) is 29.3 Å². The molecule has 8 nitrogen and oxygen atoms in total.